The van der Waals surface area contributed by atoms with Gasteiger partial charge in [-0.2, -0.15) is 0 Å². The molecule has 0 aliphatic heterocycles. The third-order valence-corrected chi connectivity index (χ3v) is 3.02. The molecule has 0 saturated carbocycles. The molecule has 0 aliphatic carbocycles. The molecule has 1 atom stereocenters. The average Bonchev–Trinajstić information content (AvgIpc) is 2.65. The zero-order valence-electron chi connectivity index (χ0n) is 7.99. The van der Waals surface area contributed by atoms with Crippen LogP contribution in [0.1, 0.15) is 18.2 Å². The van der Waals surface area contributed by atoms with Crippen LogP contribution in [0.2, 0.25) is 0 Å². The minimum atomic E-state index is 0.286. The van der Waals surface area contributed by atoms with Gasteiger partial charge in [-0.05, 0) is 23.8 Å². The first-order chi connectivity index (χ1) is 6.36. The second-order valence-corrected chi connectivity index (χ2v) is 4.20. The van der Waals surface area contributed by atoms with Crippen LogP contribution in [0.3, 0.4) is 0 Å². The van der Waals surface area contributed by atoms with Crippen LogP contribution in [0.15, 0.2) is 17.5 Å². The van der Waals surface area contributed by atoms with Crippen LogP contribution in [0.4, 0.5) is 0 Å². The molecule has 0 amide bonds. The normalized spacial score (nSPS) is 13.1. The molecule has 1 unspecified atom stereocenters. The van der Waals surface area contributed by atoms with Crippen molar-refractivity contribution in [3.05, 3.63) is 22.4 Å². The van der Waals surface area contributed by atoms with Crippen LogP contribution in [0, 0.1) is 5.92 Å². The summed E-state index contributed by atoms with van der Waals surface area (Å²) in [6.07, 6.45) is 1.04. The Hall–Kier alpha value is -0.380. The molecule has 0 fully saturated rings. The van der Waals surface area contributed by atoms with Crippen molar-refractivity contribution in [2.24, 2.45) is 5.92 Å². The van der Waals surface area contributed by atoms with Crippen LogP contribution in [0.25, 0.3) is 0 Å². The predicted molar refractivity (Wildman–Crippen MR) is 56.9 cm³/mol. The summed E-state index contributed by atoms with van der Waals surface area (Å²) in [6.45, 7) is 4.22. The van der Waals surface area contributed by atoms with Gasteiger partial charge >= 0.3 is 0 Å². The van der Waals surface area contributed by atoms with Crippen LogP contribution in [-0.4, -0.2) is 18.3 Å². The number of thiophene rings is 1. The van der Waals surface area contributed by atoms with Crippen LogP contribution in [0.5, 0.6) is 0 Å². The van der Waals surface area contributed by atoms with Gasteiger partial charge in [0.1, 0.15) is 0 Å². The van der Waals surface area contributed by atoms with Gasteiger partial charge in [0.05, 0.1) is 0 Å². The third-order valence-electron chi connectivity index (χ3n) is 2.15. The fourth-order valence-corrected chi connectivity index (χ4v) is 1.83. The molecule has 3 heteroatoms. The first-order valence-electron chi connectivity index (χ1n) is 4.70. The lowest BCUT2D eigenvalue weighted by Crippen LogP contribution is -2.23. The molecule has 1 rings (SSSR count). The predicted octanol–water partition coefficient (Wildman–Crippen LogP) is 1.86. The van der Waals surface area contributed by atoms with Crippen molar-refractivity contribution in [1.29, 1.82) is 0 Å². The van der Waals surface area contributed by atoms with E-state index in [9.17, 15) is 0 Å². The van der Waals surface area contributed by atoms with E-state index in [1.807, 2.05) is 0 Å². The number of aliphatic hydroxyl groups is 1. The van der Waals surface area contributed by atoms with E-state index in [0.717, 1.165) is 19.5 Å². The standard InChI is InChI=1S/C10H17NOS/c1-2-9(8-12)6-11-7-10-4-3-5-13-10/h3-5,9,11-12H,2,6-8H2,1H3. The van der Waals surface area contributed by atoms with Gasteiger partial charge in [0.15, 0.2) is 0 Å². The molecular weight excluding hydrogens is 182 g/mol. The maximum atomic E-state index is 8.95. The van der Waals surface area contributed by atoms with Crippen LogP contribution >= 0.6 is 11.3 Å². The summed E-state index contributed by atoms with van der Waals surface area (Å²) in [4.78, 5) is 1.35. The molecule has 1 aromatic rings. The molecule has 0 aliphatic rings. The third kappa shape index (κ3) is 3.89. The second kappa shape index (κ2) is 6.13. The van der Waals surface area contributed by atoms with Crippen molar-refractivity contribution < 1.29 is 5.11 Å². The van der Waals surface area contributed by atoms with E-state index in [2.05, 4.69) is 29.8 Å². The van der Waals surface area contributed by atoms with Gasteiger partial charge < -0.3 is 10.4 Å². The van der Waals surface area contributed by atoms with Crippen molar-refractivity contribution in [2.75, 3.05) is 13.2 Å². The summed E-state index contributed by atoms with van der Waals surface area (Å²) in [5.41, 5.74) is 0. The van der Waals surface area contributed by atoms with E-state index in [-0.39, 0.29) is 6.61 Å². The Labute approximate surface area is 83.6 Å². The van der Waals surface area contributed by atoms with Crippen molar-refractivity contribution >= 4 is 11.3 Å². The van der Waals surface area contributed by atoms with Crippen molar-refractivity contribution in [2.45, 2.75) is 19.9 Å². The van der Waals surface area contributed by atoms with Crippen molar-refractivity contribution in [3.8, 4) is 0 Å². The molecule has 0 radical (unpaired) electrons. The summed E-state index contributed by atoms with van der Waals surface area (Å²) < 4.78 is 0. The highest BCUT2D eigenvalue weighted by Crippen LogP contribution is 2.07. The van der Waals surface area contributed by atoms with Gasteiger partial charge in [0.2, 0.25) is 0 Å². The molecule has 1 aromatic heterocycles. The average molecular weight is 199 g/mol. The molecule has 13 heavy (non-hydrogen) atoms. The molecule has 0 bridgehead atoms. The smallest absolute Gasteiger partial charge is 0.0471 e. The topological polar surface area (TPSA) is 32.3 Å². The van der Waals surface area contributed by atoms with E-state index in [1.54, 1.807) is 11.3 Å². The Morgan fingerprint density at radius 1 is 1.62 bits per heavy atom. The Balaban J connectivity index is 2.13. The Bertz CT molecular complexity index is 207. The maximum Gasteiger partial charge on any atom is 0.0471 e. The number of aliphatic hydroxyl groups excluding tert-OH is 1. The Morgan fingerprint density at radius 2 is 2.46 bits per heavy atom. The van der Waals surface area contributed by atoms with Crippen LogP contribution in [-0.2, 0) is 6.54 Å². The largest absolute Gasteiger partial charge is 0.396 e. The summed E-state index contributed by atoms with van der Waals surface area (Å²) in [5, 5.41) is 14.4. The minimum absolute atomic E-state index is 0.286. The molecular formula is C10H17NOS. The SMILES string of the molecule is CCC(CO)CNCc1cccs1. The highest BCUT2D eigenvalue weighted by molar-refractivity contribution is 7.09. The zero-order chi connectivity index (χ0) is 9.52. The van der Waals surface area contributed by atoms with Crippen molar-refractivity contribution in [1.82, 2.24) is 5.32 Å². The van der Waals surface area contributed by atoms with E-state index >= 15 is 0 Å². The monoisotopic (exact) mass is 199 g/mol. The first kappa shape index (κ1) is 10.7. The lowest BCUT2D eigenvalue weighted by molar-refractivity contribution is 0.219. The lowest BCUT2D eigenvalue weighted by atomic mass is 10.1. The lowest BCUT2D eigenvalue weighted by Gasteiger charge is -2.11. The molecule has 2 nitrogen and oxygen atoms in total. The van der Waals surface area contributed by atoms with Gasteiger partial charge in [-0.15, -0.1) is 11.3 Å². The highest BCUT2D eigenvalue weighted by Gasteiger charge is 2.03. The summed E-state index contributed by atoms with van der Waals surface area (Å²) in [7, 11) is 0. The van der Waals surface area contributed by atoms with Gasteiger partial charge in [0.25, 0.3) is 0 Å². The van der Waals surface area contributed by atoms with E-state index < -0.39 is 0 Å². The van der Waals surface area contributed by atoms with E-state index in [4.69, 9.17) is 5.11 Å². The van der Waals surface area contributed by atoms with Crippen LogP contribution < -0.4 is 5.32 Å². The van der Waals surface area contributed by atoms with Gasteiger partial charge in [0, 0.05) is 24.6 Å². The highest BCUT2D eigenvalue weighted by atomic mass is 32.1. The number of hydrogen-bond acceptors (Lipinski definition) is 3. The number of hydrogen-bond donors (Lipinski definition) is 2. The maximum absolute atomic E-state index is 8.95. The fraction of sp³-hybridized carbons (Fsp3) is 0.600. The number of rotatable bonds is 6. The second-order valence-electron chi connectivity index (χ2n) is 3.17. The van der Waals surface area contributed by atoms with Crippen molar-refractivity contribution in [3.63, 3.8) is 0 Å². The fourth-order valence-electron chi connectivity index (χ4n) is 1.15. The van der Waals surface area contributed by atoms with E-state index in [0.29, 0.717) is 5.92 Å². The molecule has 0 aromatic carbocycles. The summed E-state index contributed by atoms with van der Waals surface area (Å²) >= 11 is 1.76. The quantitative estimate of drug-likeness (QED) is 0.733. The Kier molecular flexibility index (Phi) is 5.05. The minimum Gasteiger partial charge on any atom is -0.396 e. The van der Waals surface area contributed by atoms with Gasteiger partial charge in [-0.25, -0.2) is 0 Å². The van der Waals surface area contributed by atoms with E-state index in [1.165, 1.54) is 4.88 Å². The molecule has 0 spiro atoms. The summed E-state index contributed by atoms with van der Waals surface area (Å²) in [5.74, 6) is 0.403. The molecule has 74 valence electrons. The van der Waals surface area contributed by atoms with Gasteiger partial charge in [-0.3, -0.25) is 0 Å². The zero-order valence-corrected chi connectivity index (χ0v) is 8.81. The summed E-state index contributed by atoms with van der Waals surface area (Å²) in [6, 6.07) is 4.18. The molecule has 0 saturated heterocycles. The Morgan fingerprint density at radius 3 is 3.00 bits per heavy atom. The van der Waals surface area contributed by atoms with Gasteiger partial charge in [-0.1, -0.05) is 13.0 Å². The number of nitrogens with one attached hydrogen (secondary N) is 1. The first-order valence-corrected chi connectivity index (χ1v) is 5.58. The molecule has 2 N–H and O–H groups in total. The molecule has 1 heterocycles.